The van der Waals surface area contributed by atoms with Gasteiger partial charge in [-0.05, 0) is 31.3 Å². The Morgan fingerprint density at radius 2 is 2.00 bits per heavy atom. The lowest BCUT2D eigenvalue weighted by Gasteiger charge is -2.08. The number of aromatic amines is 1. The molecule has 24 heavy (non-hydrogen) atoms. The van der Waals surface area contributed by atoms with E-state index < -0.39 is 0 Å². The number of fused-ring (bicyclic) bond motifs is 1. The van der Waals surface area contributed by atoms with Gasteiger partial charge >= 0.3 is 0 Å². The Hall–Kier alpha value is -2.37. The first-order valence-electron chi connectivity index (χ1n) is 7.60. The highest BCUT2D eigenvalue weighted by molar-refractivity contribution is 6.31. The van der Waals surface area contributed by atoms with Crippen molar-refractivity contribution in [3.8, 4) is 11.1 Å². The van der Waals surface area contributed by atoms with Gasteiger partial charge in [-0.2, -0.15) is 0 Å². The molecule has 3 aromatic rings. The van der Waals surface area contributed by atoms with Crippen LogP contribution in [0.3, 0.4) is 0 Å². The number of hydrogen-bond donors (Lipinski definition) is 3. The summed E-state index contributed by atoms with van der Waals surface area (Å²) in [6.45, 7) is 1.12. The molecule has 0 saturated carbocycles. The summed E-state index contributed by atoms with van der Waals surface area (Å²) in [5.41, 5.74) is 1.95. The summed E-state index contributed by atoms with van der Waals surface area (Å²) in [5.74, 6) is -0.668. The minimum absolute atomic E-state index is 0.282. The number of hydrogen-bond acceptors (Lipinski definition) is 2. The minimum atomic E-state index is -0.386. The van der Waals surface area contributed by atoms with Crippen LogP contribution in [0.4, 0.5) is 4.39 Å². The molecule has 0 unspecified atom stereocenters. The van der Waals surface area contributed by atoms with Gasteiger partial charge in [-0.15, -0.1) is 0 Å². The van der Waals surface area contributed by atoms with Crippen molar-refractivity contribution < 1.29 is 9.18 Å². The van der Waals surface area contributed by atoms with Gasteiger partial charge in [0.05, 0.1) is 0 Å². The smallest absolute Gasteiger partial charge is 0.268 e. The number of benzene rings is 2. The Labute approximate surface area is 144 Å². The number of halogens is 2. The van der Waals surface area contributed by atoms with Gasteiger partial charge in [0.15, 0.2) is 0 Å². The van der Waals surface area contributed by atoms with Crippen LogP contribution in [0.1, 0.15) is 10.5 Å². The monoisotopic (exact) mass is 345 g/mol. The van der Waals surface area contributed by atoms with Gasteiger partial charge < -0.3 is 15.6 Å². The number of nitrogens with one attached hydrogen (secondary N) is 3. The van der Waals surface area contributed by atoms with Gasteiger partial charge in [-0.25, -0.2) is 4.39 Å². The summed E-state index contributed by atoms with van der Waals surface area (Å²) >= 11 is 6.09. The Bertz CT molecular complexity index is 891. The normalized spacial score (nSPS) is 11.0. The number of carbonyl (C=O) groups is 1. The molecule has 3 rings (SSSR count). The third-order valence-electron chi connectivity index (χ3n) is 3.79. The van der Waals surface area contributed by atoms with Crippen LogP contribution in [0.5, 0.6) is 0 Å². The highest BCUT2D eigenvalue weighted by Gasteiger charge is 2.21. The van der Waals surface area contributed by atoms with Crippen molar-refractivity contribution in [3.05, 3.63) is 59.0 Å². The van der Waals surface area contributed by atoms with E-state index >= 15 is 0 Å². The van der Waals surface area contributed by atoms with Crippen molar-refractivity contribution in [1.82, 2.24) is 15.6 Å². The summed E-state index contributed by atoms with van der Waals surface area (Å²) in [6.07, 6.45) is 0. The second-order valence-electron chi connectivity index (χ2n) is 5.40. The Kier molecular flexibility index (Phi) is 4.83. The van der Waals surface area contributed by atoms with Crippen LogP contribution >= 0.6 is 11.6 Å². The third-order valence-corrected chi connectivity index (χ3v) is 4.03. The average Bonchev–Trinajstić information content (AvgIpc) is 2.94. The minimum Gasteiger partial charge on any atom is -0.350 e. The average molecular weight is 346 g/mol. The van der Waals surface area contributed by atoms with E-state index in [-0.39, 0.29) is 11.7 Å². The molecular formula is C18H17ClFN3O. The highest BCUT2D eigenvalue weighted by Crippen LogP contribution is 2.35. The maximum Gasteiger partial charge on any atom is 0.268 e. The zero-order chi connectivity index (χ0) is 17.1. The largest absolute Gasteiger partial charge is 0.350 e. The van der Waals surface area contributed by atoms with E-state index in [0.717, 1.165) is 5.52 Å². The van der Waals surface area contributed by atoms with Crippen molar-refractivity contribution in [2.45, 2.75) is 0 Å². The molecule has 1 amide bonds. The van der Waals surface area contributed by atoms with E-state index in [0.29, 0.717) is 40.3 Å². The SMILES string of the molecule is CNCCNC(=O)c1[nH]c2ccc(Cl)cc2c1-c1ccccc1F. The molecule has 0 aliphatic heterocycles. The fourth-order valence-electron chi connectivity index (χ4n) is 2.67. The lowest BCUT2D eigenvalue weighted by Crippen LogP contribution is -2.30. The molecule has 3 N–H and O–H groups in total. The molecule has 0 saturated heterocycles. The molecular weight excluding hydrogens is 329 g/mol. The second kappa shape index (κ2) is 7.03. The molecule has 6 heteroatoms. The third kappa shape index (κ3) is 3.13. The van der Waals surface area contributed by atoms with E-state index in [4.69, 9.17) is 11.6 Å². The molecule has 124 valence electrons. The molecule has 0 aliphatic carbocycles. The molecule has 4 nitrogen and oxygen atoms in total. The van der Waals surface area contributed by atoms with Crippen LogP contribution in [0.25, 0.3) is 22.0 Å². The standard InChI is InChI=1S/C18H17ClFN3O/c1-21-8-9-22-18(24)17-16(12-4-2-3-5-14(12)20)13-10-11(19)6-7-15(13)23-17/h2-7,10,21,23H,8-9H2,1H3,(H,22,24). The first kappa shape index (κ1) is 16.5. The molecule has 0 radical (unpaired) electrons. The van der Waals surface area contributed by atoms with Crippen LogP contribution in [-0.2, 0) is 0 Å². The first-order chi connectivity index (χ1) is 11.6. The predicted octanol–water partition coefficient (Wildman–Crippen LogP) is 3.58. The van der Waals surface area contributed by atoms with Crippen LogP contribution in [0, 0.1) is 5.82 Å². The zero-order valence-electron chi connectivity index (χ0n) is 13.1. The maximum absolute atomic E-state index is 14.3. The molecule has 0 atom stereocenters. The Morgan fingerprint density at radius 1 is 1.21 bits per heavy atom. The van der Waals surface area contributed by atoms with Gasteiger partial charge in [-0.3, -0.25) is 4.79 Å². The van der Waals surface area contributed by atoms with Crippen LogP contribution in [-0.4, -0.2) is 31.0 Å². The van der Waals surface area contributed by atoms with E-state index in [1.54, 1.807) is 36.4 Å². The Morgan fingerprint density at radius 3 is 2.75 bits per heavy atom. The lowest BCUT2D eigenvalue weighted by molar-refractivity contribution is 0.0950. The van der Waals surface area contributed by atoms with Gasteiger partial charge in [0.1, 0.15) is 11.5 Å². The van der Waals surface area contributed by atoms with E-state index in [9.17, 15) is 9.18 Å². The zero-order valence-corrected chi connectivity index (χ0v) is 13.9. The molecule has 1 heterocycles. The molecule has 2 aromatic carbocycles. The van der Waals surface area contributed by atoms with Gasteiger partial charge in [0.25, 0.3) is 5.91 Å². The molecule has 0 aliphatic rings. The number of amides is 1. The molecule has 0 bridgehead atoms. The van der Waals surface area contributed by atoms with E-state index in [1.807, 2.05) is 7.05 Å². The van der Waals surface area contributed by atoms with Crippen molar-refractivity contribution in [2.75, 3.05) is 20.1 Å². The summed E-state index contributed by atoms with van der Waals surface area (Å²) < 4.78 is 14.3. The van der Waals surface area contributed by atoms with Gasteiger partial charge in [-0.1, -0.05) is 29.8 Å². The maximum atomic E-state index is 14.3. The van der Waals surface area contributed by atoms with E-state index in [1.165, 1.54) is 6.07 Å². The number of carbonyl (C=O) groups excluding carboxylic acids is 1. The van der Waals surface area contributed by atoms with Gasteiger partial charge in [0.2, 0.25) is 0 Å². The summed E-state index contributed by atoms with van der Waals surface area (Å²) in [7, 11) is 1.81. The predicted molar refractivity (Wildman–Crippen MR) is 95.0 cm³/mol. The van der Waals surface area contributed by atoms with Crippen molar-refractivity contribution in [3.63, 3.8) is 0 Å². The van der Waals surface area contributed by atoms with Gasteiger partial charge in [0, 0.05) is 40.1 Å². The van der Waals surface area contributed by atoms with Crippen molar-refractivity contribution in [1.29, 1.82) is 0 Å². The van der Waals surface area contributed by atoms with Crippen LogP contribution in [0.2, 0.25) is 5.02 Å². The van der Waals surface area contributed by atoms with Crippen LogP contribution in [0.15, 0.2) is 42.5 Å². The fraction of sp³-hybridized carbons (Fsp3) is 0.167. The quantitative estimate of drug-likeness (QED) is 0.619. The molecule has 0 spiro atoms. The second-order valence-corrected chi connectivity index (χ2v) is 5.84. The summed E-state index contributed by atoms with van der Waals surface area (Å²) in [5, 5.41) is 7.02. The van der Waals surface area contributed by atoms with Crippen molar-refractivity contribution >= 4 is 28.4 Å². The Balaban J connectivity index is 2.16. The van der Waals surface area contributed by atoms with Crippen molar-refractivity contribution in [2.24, 2.45) is 0 Å². The first-order valence-corrected chi connectivity index (χ1v) is 7.98. The molecule has 1 aromatic heterocycles. The number of rotatable bonds is 5. The molecule has 0 fully saturated rings. The van der Waals surface area contributed by atoms with Crippen LogP contribution < -0.4 is 10.6 Å². The highest BCUT2D eigenvalue weighted by atomic mass is 35.5. The number of H-pyrrole nitrogens is 1. The number of aromatic nitrogens is 1. The fourth-order valence-corrected chi connectivity index (χ4v) is 2.84. The lowest BCUT2D eigenvalue weighted by atomic mass is 10.0. The van der Waals surface area contributed by atoms with E-state index in [2.05, 4.69) is 15.6 Å². The number of likely N-dealkylation sites (N-methyl/N-ethyl adjacent to an activating group) is 1. The summed E-state index contributed by atoms with van der Waals surface area (Å²) in [6, 6.07) is 11.6. The topological polar surface area (TPSA) is 56.9 Å². The summed E-state index contributed by atoms with van der Waals surface area (Å²) in [4.78, 5) is 15.6.